The molecule has 2 saturated heterocycles. The first kappa shape index (κ1) is 30.5. The molecule has 246 valence electrons. The smallest absolute Gasteiger partial charge is 0.234 e. The molecule has 2 fully saturated rings. The zero-order valence-corrected chi connectivity index (χ0v) is 27.3. The normalized spacial score (nSPS) is 21.0. The first-order valence-electron chi connectivity index (χ1n) is 16.6. The van der Waals surface area contributed by atoms with Gasteiger partial charge in [0.15, 0.2) is 5.82 Å². The molecule has 48 heavy (non-hydrogen) atoms. The number of hydrogen-bond donors (Lipinski definition) is 2. The molecule has 3 aromatic carbocycles. The van der Waals surface area contributed by atoms with Crippen LogP contribution in [0, 0.1) is 5.41 Å². The number of carbonyl (C=O) groups excluding carboxylic acids is 1. The number of aliphatic hydroxyl groups excluding tert-OH is 1. The van der Waals surface area contributed by atoms with Crippen molar-refractivity contribution >= 4 is 28.1 Å². The number of nitrogens with zero attached hydrogens (tertiary/aromatic N) is 7. The summed E-state index contributed by atoms with van der Waals surface area (Å²) in [4.78, 5) is 24.7. The van der Waals surface area contributed by atoms with Crippen LogP contribution in [0.5, 0.6) is 5.75 Å². The van der Waals surface area contributed by atoms with Crippen molar-refractivity contribution < 1.29 is 14.6 Å². The van der Waals surface area contributed by atoms with E-state index < -0.39 is 11.6 Å². The quantitative estimate of drug-likeness (QED) is 0.253. The first-order chi connectivity index (χ1) is 23.4. The lowest BCUT2D eigenvalue weighted by Gasteiger charge is -2.33. The standard InChI is InChI=1S/C37H40N8O3/c1-42-24-38-35(41-42)28-5-3-25(4-6-28)26-13-17-44(18-14-26)33(46)22-43-19-15-37(23-43)16-20-45(36(37)47)29-9-12-32-31(21-29)34(40-39-32)27-7-10-30(48-2)11-8-27/h3-13,21,24,33,46H,14-20,22-23H2,1-2H3,(H,39,40)/t33-,37-/m0/s1. The summed E-state index contributed by atoms with van der Waals surface area (Å²) >= 11 is 0. The molecule has 2 atom stereocenters. The van der Waals surface area contributed by atoms with Gasteiger partial charge in [0.2, 0.25) is 5.91 Å². The predicted octanol–water partition coefficient (Wildman–Crippen LogP) is 4.57. The van der Waals surface area contributed by atoms with Crippen molar-refractivity contribution in [3.05, 3.63) is 84.7 Å². The van der Waals surface area contributed by atoms with Crippen LogP contribution in [0.25, 0.3) is 39.1 Å². The van der Waals surface area contributed by atoms with Crippen molar-refractivity contribution in [1.82, 2.24) is 34.8 Å². The van der Waals surface area contributed by atoms with Gasteiger partial charge in [-0.25, -0.2) is 4.98 Å². The fourth-order valence-corrected chi connectivity index (χ4v) is 7.57. The van der Waals surface area contributed by atoms with Crippen molar-refractivity contribution in [3.63, 3.8) is 0 Å². The van der Waals surface area contributed by atoms with Gasteiger partial charge in [-0.3, -0.25) is 24.4 Å². The average molecular weight is 645 g/mol. The van der Waals surface area contributed by atoms with Gasteiger partial charge in [-0.05, 0) is 79.4 Å². The van der Waals surface area contributed by atoms with Crippen molar-refractivity contribution in [3.8, 4) is 28.4 Å². The van der Waals surface area contributed by atoms with Crippen LogP contribution in [0.4, 0.5) is 5.69 Å². The maximum atomic E-state index is 14.0. The van der Waals surface area contributed by atoms with E-state index in [2.05, 4.69) is 66.5 Å². The lowest BCUT2D eigenvalue weighted by molar-refractivity contribution is -0.125. The average Bonchev–Trinajstić information content (AvgIpc) is 3.92. The molecule has 8 rings (SSSR count). The van der Waals surface area contributed by atoms with E-state index in [4.69, 9.17) is 4.74 Å². The number of aliphatic hydroxyl groups is 1. The second-order valence-corrected chi connectivity index (χ2v) is 13.3. The molecule has 3 aliphatic rings. The highest BCUT2D eigenvalue weighted by molar-refractivity contribution is 6.03. The van der Waals surface area contributed by atoms with Gasteiger partial charge < -0.3 is 14.7 Å². The molecular weight excluding hydrogens is 604 g/mol. The Labute approximate surface area is 279 Å². The second-order valence-electron chi connectivity index (χ2n) is 13.3. The first-order valence-corrected chi connectivity index (χ1v) is 16.6. The lowest BCUT2D eigenvalue weighted by Crippen LogP contribution is -2.46. The number of rotatable bonds is 8. The van der Waals surface area contributed by atoms with Gasteiger partial charge in [0.1, 0.15) is 18.3 Å². The van der Waals surface area contributed by atoms with Crippen LogP contribution in [-0.2, 0) is 11.8 Å². The minimum Gasteiger partial charge on any atom is -0.497 e. The minimum absolute atomic E-state index is 0.184. The number of nitrogens with one attached hydrogen (secondary N) is 1. The number of anilines is 1. The van der Waals surface area contributed by atoms with Gasteiger partial charge in [0, 0.05) is 62.0 Å². The number of aromatic amines is 1. The summed E-state index contributed by atoms with van der Waals surface area (Å²) in [6.45, 7) is 4.20. The predicted molar refractivity (Wildman–Crippen MR) is 185 cm³/mol. The van der Waals surface area contributed by atoms with E-state index in [9.17, 15) is 9.90 Å². The molecule has 11 nitrogen and oxygen atoms in total. The van der Waals surface area contributed by atoms with Crippen LogP contribution in [0.2, 0.25) is 0 Å². The molecule has 3 aliphatic heterocycles. The number of β-amino-alcohol motifs (C(OH)–C–C–N with tert-alkyl or cyclic N) is 1. The van der Waals surface area contributed by atoms with Crippen LogP contribution >= 0.6 is 0 Å². The maximum Gasteiger partial charge on any atom is 0.234 e. The second kappa shape index (κ2) is 12.3. The minimum atomic E-state index is -0.581. The highest BCUT2D eigenvalue weighted by Gasteiger charge is 2.51. The number of H-pyrrole nitrogens is 1. The maximum absolute atomic E-state index is 14.0. The van der Waals surface area contributed by atoms with E-state index >= 15 is 0 Å². The van der Waals surface area contributed by atoms with Crippen molar-refractivity contribution in [2.24, 2.45) is 12.5 Å². The Hall–Kier alpha value is -4.84. The third kappa shape index (κ3) is 5.57. The molecule has 11 heteroatoms. The van der Waals surface area contributed by atoms with Crippen LogP contribution in [0.3, 0.4) is 0 Å². The third-order valence-corrected chi connectivity index (χ3v) is 10.4. The molecule has 0 aliphatic carbocycles. The Morgan fingerprint density at radius 1 is 0.979 bits per heavy atom. The number of aromatic nitrogens is 5. The summed E-state index contributed by atoms with van der Waals surface area (Å²) in [5.41, 5.74) is 6.75. The van der Waals surface area contributed by atoms with Crippen LogP contribution < -0.4 is 9.64 Å². The SMILES string of the molecule is COc1ccc(-c2n[nH]c3ccc(N4CC[C@]5(CCN(C[C@H](O)N6CC=C(c7ccc(-c8ncn(C)n8)cc7)CC6)C5)C4=O)cc23)cc1. The summed E-state index contributed by atoms with van der Waals surface area (Å²) in [7, 11) is 3.52. The van der Waals surface area contributed by atoms with Gasteiger partial charge in [0.25, 0.3) is 0 Å². The fourth-order valence-electron chi connectivity index (χ4n) is 7.57. The Morgan fingerprint density at radius 2 is 1.75 bits per heavy atom. The zero-order chi connectivity index (χ0) is 32.8. The van der Waals surface area contributed by atoms with Crippen LogP contribution in [0.1, 0.15) is 24.8 Å². The topological polar surface area (TPSA) is 116 Å². The number of fused-ring (bicyclic) bond motifs is 1. The van der Waals surface area contributed by atoms with Gasteiger partial charge in [-0.2, -0.15) is 10.2 Å². The number of benzene rings is 3. The van der Waals surface area contributed by atoms with Crippen molar-refractivity contribution in [2.45, 2.75) is 25.5 Å². The lowest BCUT2D eigenvalue weighted by atomic mass is 9.85. The molecular formula is C37H40N8O3. The molecule has 1 amide bonds. The largest absolute Gasteiger partial charge is 0.497 e. The summed E-state index contributed by atoms with van der Waals surface area (Å²) in [5.74, 6) is 1.70. The highest BCUT2D eigenvalue weighted by atomic mass is 16.5. The van der Waals surface area contributed by atoms with Gasteiger partial charge in [-0.1, -0.05) is 30.3 Å². The molecule has 0 saturated carbocycles. The molecule has 5 heterocycles. The summed E-state index contributed by atoms with van der Waals surface area (Å²) < 4.78 is 7.02. The number of hydrogen-bond acceptors (Lipinski definition) is 8. The van der Waals surface area contributed by atoms with Gasteiger partial charge in [0.05, 0.1) is 23.7 Å². The molecule has 0 bridgehead atoms. The number of likely N-dealkylation sites (tertiary alicyclic amines) is 1. The van der Waals surface area contributed by atoms with E-state index in [1.54, 1.807) is 18.1 Å². The molecule has 0 radical (unpaired) electrons. The number of ether oxygens (including phenoxy) is 1. The van der Waals surface area contributed by atoms with Crippen molar-refractivity contribution in [1.29, 1.82) is 0 Å². The van der Waals surface area contributed by atoms with E-state index in [1.807, 2.05) is 48.3 Å². The third-order valence-electron chi connectivity index (χ3n) is 10.4. The van der Waals surface area contributed by atoms with Crippen molar-refractivity contribution in [2.75, 3.05) is 51.3 Å². The Balaban J connectivity index is 0.891. The number of methoxy groups -OCH3 is 1. The molecule has 0 unspecified atom stereocenters. The van der Waals surface area contributed by atoms with E-state index in [-0.39, 0.29) is 5.91 Å². The Kier molecular flexibility index (Phi) is 7.82. The van der Waals surface area contributed by atoms with Gasteiger partial charge >= 0.3 is 0 Å². The zero-order valence-electron chi connectivity index (χ0n) is 27.3. The highest BCUT2D eigenvalue weighted by Crippen LogP contribution is 2.43. The van der Waals surface area contributed by atoms with Crippen LogP contribution in [0.15, 0.2) is 79.1 Å². The van der Waals surface area contributed by atoms with E-state index in [1.165, 1.54) is 11.1 Å². The molecule has 2 N–H and O–H groups in total. The van der Waals surface area contributed by atoms with E-state index in [0.29, 0.717) is 26.2 Å². The molecule has 1 spiro atoms. The monoisotopic (exact) mass is 644 g/mol. The molecule has 5 aromatic rings. The van der Waals surface area contributed by atoms with Gasteiger partial charge in [-0.15, -0.1) is 0 Å². The number of amides is 1. The summed E-state index contributed by atoms with van der Waals surface area (Å²) in [6.07, 6.45) is 5.85. The van der Waals surface area contributed by atoms with E-state index in [0.717, 1.165) is 77.3 Å². The summed E-state index contributed by atoms with van der Waals surface area (Å²) in [5, 5.41) is 24.3. The fraction of sp³-hybridized carbons (Fsp3) is 0.351. The summed E-state index contributed by atoms with van der Waals surface area (Å²) in [6, 6.07) is 22.3. The van der Waals surface area contributed by atoms with Crippen LogP contribution in [-0.4, -0.2) is 98.4 Å². The Morgan fingerprint density at radius 3 is 2.48 bits per heavy atom. The molecule has 2 aromatic heterocycles. The number of carbonyl (C=O) groups is 1. The Bertz CT molecular complexity index is 1980. The number of aryl methyl sites for hydroxylation is 1.